The monoisotopic (exact) mass is 234 g/mol. The zero-order valence-electron chi connectivity index (χ0n) is 10.5. The Balaban J connectivity index is 2.28. The molecule has 0 aliphatic heterocycles. The van der Waals surface area contributed by atoms with E-state index in [1.807, 2.05) is 19.9 Å². The third-order valence-corrected chi connectivity index (χ3v) is 3.69. The average Bonchev–Trinajstić information content (AvgIpc) is 3.04. The number of carbonyl (C=O) groups is 1. The molecule has 1 fully saturated rings. The molecule has 0 bridgehead atoms. The highest BCUT2D eigenvalue weighted by Crippen LogP contribution is 2.49. The van der Waals surface area contributed by atoms with Crippen LogP contribution in [0.25, 0.3) is 0 Å². The molecule has 0 aromatic heterocycles. The van der Waals surface area contributed by atoms with E-state index in [0.717, 1.165) is 35.3 Å². The molecule has 0 saturated heterocycles. The summed E-state index contributed by atoms with van der Waals surface area (Å²) in [6, 6.07) is 4.04. The van der Waals surface area contributed by atoms with Gasteiger partial charge in [-0.1, -0.05) is 6.07 Å². The molecular formula is C14H18O3. The van der Waals surface area contributed by atoms with E-state index >= 15 is 0 Å². The minimum absolute atomic E-state index is 0.494. The number of carboxylic acid groups (broad SMARTS) is 1. The van der Waals surface area contributed by atoms with Gasteiger partial charge in [0.05, 0.1) is 12.5 Å². The van der Waals surface area contributed by atoms with Gasteiger partial charge in [-0.25, -0.2) is 0 Å². The molecule has 3 nitrogen and oxygen atoms in total. The predicted molar refractivity (Wildman–Crippen MR) is 65.5 cm³/mol. The van der Waals surface area contributed by atoms with Crippen molar-refractivity contribution in [1.82, 2.24) is 0 Å². The van der Waals surface area contributed by atoms with Crippen LogP contribution in [0.3, 0.4) is 0 Å². The summed E-state index contributed by atoms with van der Waals surface area (Å²) in [5.41, 5.74) is 2.81. The summed E-state index contributed by atoms with van der Waals surface area (Å²) in [6.45, 7) is 4.00. The smallest absolute Gasteiger partial charge is 0.309 e. The molecule has 0 radical (unpaired) electrons. The van der Waals surface area contributed by atoms with E-state index in [0.29, 0.717) is 6.42 Å². The normalized spacial score (nSPS) is 16.6. The highest BCUT2D eigenvalue weighted by molar-refractivity contribution is 5.78. The second-order valence-electron chi connectivity index (χ2n) is 5.01. The average molecular weight is 234 g/mol. The fourth-order valence-electron chi connectivity index (χ4n) is 2.24. The Morgan fingerprint density at radius 3 is 2.47 bits per heavy atom. The number of rotatable bonds is 4. The fourth-order valence-corrected chi connectivity index (χ4v) is 2.24. The van der Waals surface area contributed by atoms with Gasteiger partial charge in [-0.2, -0.15) is 0 Å². The Bertz CT molecular complexity index is 459. The van der Waals surface area contributed by atoms with Crippen molar-refractivity contribution in [2.75, 3.05) is 7.11 Å². The molecule has 1 aromatic carbocycles. The van der Waals surface area contributed by atoms with Crippen molar-refractivity contribution in [3.8, 4) is 5.75 Å². The summed E-state index contributed by atoms with van der Waals surface area (Å²) >= 11 is 0. The van der Waals surface area contributed by atoms with Crippen LogP contribution in [-0.4, -0.2) is 18.2 Å². The molecule has 0 spiro atoms. The molecule has 1 aliphatic carbocycles. The van der Waals surface area contributed by atoms with Crippen molar-refractivity contribution < 1.29 is 14.6 Å². The number of aryl methyl sites for hydroxylation is 2. The maximum atomic E-state index is 11.2. The lowest BCUT2D eigenvalue weighted by atomic mass is 9.92. The molecule has 2 rings (SSSR count). The fraction of sp³-hybridized carbons (Fsp3) is 0.500. The molecule has 0 atom stereocenters. The zero-order chi connectivity index (χ0) is 12.6. The van der Waals surface area contributed by atoms with E-state index < -0.39 is 11.4 Å². The highest BCUT2D eigenvalue weighted by atomic mass is 16.5. The van der Waals surface area contributed by atoms with Crippen LogP contribution in [0.1, 0.15) is 29.5 Å². The maximum absolute atomic E-state index is 11.2. The van der Waals surface area contributed by atoms with Crippen LogP contribution in [0, 0.1) is 19.3 Å². The molecule has 92 valence electrons. The number of hydrogen-bond acceptors (Lipinski definition) is 2. The van der Waals surface area contributed by atoms with Crippen molar-refractivity contribution in [3.05, 3.63) is 28.8 Å². The van der Waals surface area contributed by atoms with Crippen molar-refractivity contribution in [3.63, 3.8) is 0 Å². The van der Waals surface area contributed by atoms with E-state index in [1.165, 1.54) is 0 Å². The Kier molecular flexibility index (Phi) is 2.86. The first-order chi connectivity index (χ1) is 7.98. The number of methoxy groups -OCH3 is 1. The van der Waals surface area contributed by atoms with E-state index in [4.69, 9.17) is 4.74 Å². The Hall–Kier alpha value is -1.51. The largest absolute Gasteiger partial charge is 0.496 e. The van der Waals surface area contributed by atoms with Crippen molar-refractivity contribution >= 4 is 5.97 Å². The molecule has 0 amide bonds. The molecule has 0 heterocycles. The maximum Gasteiger partial charge on any atom is 0.309 e. The zero-order valence-corrected chi connectivity index (χ0v) is 10.5. The van der Waals surface area contributed by atoms with Gasteiger partial charge in [0.15, 0.2) is 0 Å². The molecular weight excluding hydrogens is 216 g/mol. The second-order valence-corrected chi connectivity index (χ2v) is 5.01. The second kappa shape index (κ2) is 4.06. The van der Waals surface area contributed by atoms with Crippen molar-refractivity contribution in [2.24, 2.45) is 5.41 Å². The third-order valence-electron chi connectivity index (χ3n) is 3.69. The van der Waals surface area contributed by atoms with Gasteiger partial charge in [-0.3, -0.25) is 4.79 Å². The van der Waals surface area contributed by atoms with E-state index in [-0.39, 0.29) is 0 Å². The predicted octanol–water partition coefficient (Wildman–Crippen LogP) is 2.72. The van der Waals surface area contributed by atoms with Gasteiger partial charge in [0, 0.05) is 0 Å². The first-order valence-corrected chi connectivity index (χ1v) is 5.86. The summed E-state index contributed by atoms with van der Waals surface area (Å²) in [5.74, 6) is 0.205. The van der Waals surface area contributed by atoms with Crippen molar-refractivity contribution in [1.29, 1.82) is 0 Å². The summed E-state index contributed by atoms with van der Waals surface area (Å²) in [4.78, 5) is 11.2. The molecule has 1 aliphatic rings. The van der Waals surface area contributed by atoms with Gasteiger partial charge in [-0.05, 0) is 55.9 Å². The van der Waals surface area contributed by atoms with Gasteiger partial charge in [0.1, 0.15) is 5.75 Å². The minimum atomic E-state index is -0.662. The van der Waals surface area contributed by atoms with Gasteiger partial charge >= 0.3 is 5.97 Å². The Morgan fingerprint density at radius 2 is 2.00 bits per heavy atom. The summed E-state index contributed by atoms with van der Waals surface area (Å²) < 4.78 is 5.26. The first kappa shape index (κ1) is 12.0. The summed E-state index contributed by atoms with van der Waals surface area (Å²) in [5, 5.41) is 9.20. The lowest BCUT2D eigenvalue weighted by Gasteiger charge is -2.14. The van der Waals surface area contributed by atoms with E-state index in [9.17, 15) is 9.90 Å². The number of benzene rings is 1. The van der Waals surface area contributed by atoms with Crippen LogP contribution < -0.4 is 4.74 Å². The SMILES string of the molecule is COc1cc(C)c(CC2(C(=O)O)CC2)cc1C. The Morgan fingerprint density at radius 1 is 1.35 bits per heavy atom. The van der Waals surface area contributed by atoms with Crippen LogP contribution in [0.5, 0.6) is 5.75 Å². The molecule has 0 unspecified atom stereocenters. The molecule has 1 saturated carbocycles. The number of aliphatic carboxylic acids is 1. The van der Waals surface area contributed by atoms with Crippen LogP contribution in [0.4, 0.5) is 0 Å². The van der Waals surface area contributed by atoms with Gasteiger partial charge in [0.2, 0.25) is 0 Å². The minimum Gasteiger partial charge on any atom is -0.496 e. The Labute approximate surface area is 101 Å². The quantitative estimate of drug-likeness (QED) is 0.871. The van der Waals surface area contributed by atoms with Crippen LogP contribution in [-0.2, 0) is 11.2 Å². The lowest BCUT2D eigenvalue weighted by molar-refractivity contribution is -0.143. The standard InChI is InChI=1S/C14H18O3/c1-9-7-12(17-3)10(2)6-11(9)8-14(4-5-14)13(15)16/h6-7H,4-5,8H2,1-3H3,(H,15,16). The molecule has 1 aromatic rings. The van der Waals surface area contributed by atoms with Crippen LogP contribution in [0.2, 0.25) is 0 Å². The van der Waals surface area contributed by atoms with Crippen molar-refractivity contribution in [2.45, 2.75) is 33.1 Å². The van der Waals surface area contributed by atoms with Gasteiger partial charge in [-0.15, -0.1) is 0 Å². The van der Waals surface area contributed by atoms with E-state index in [2.05, 4.69) is 6.07 Å². The molecule has 17 heavy (non-hydrogen) atoms. The lowest BCUT2D eigenvalue weighted by Crippen LogP contribution is -2.18. The third kappa shape index (κ3) is 2.14. The molecule has 1 N–H and O–H groups in total. The first-order valence-electron chi connectivity index (χ1n) is 5.86. The number of ether oxygens (including phenoxy) is 1. The van der Waals surface area contributed by atoms with Crippen LogP contribution >= 0.6 is 0 Å². The highest BCUT2D eigenvalue weighted by Gasteiger charge is 2.50. The topological polar surface area (TPSA) is 46.5 Å². The summed E-state index contributed by atoms with van der Waals surface area (Å²) in [6.07, 6.45) is 2.23. The number of hydrogen-bond donors (Lipinski definition) is 1. The van der Waals surface area contributed by atoms with Gasteiger partial charge in [0.25, 0.3) is 0 Å². The van der Waals surface area contributed by atoms with E-state index in [1.54, 1.807) is 7.11 Å². The van der Waals surface area contributed by atoms with Gasteiger partial charge < -0.3 is 9.84 Å². The number of carboxylic acids is 1. The summed E-state index contributed by atoms with van der Waals surface area (Å²) in [7, 11) is 1.65. The van der Waals surface area contributed by atoms with Crippen LogP contribution in [0.15, 0.2) is 12.1 Å². The molecule has 3 heteroatoms.